The van der Waals surface area contributed by atoms with Gasteiger partial charge in [0.2, 0.25) is 0 Å². The number of thiazole rings is 1. The Bertz CT molecular complexity index is 564. The van der Waals surface area contributed by atoms with Gasteiger partial charge >= 0.3 is 0 Å². The topological polar surface area (TPSA) is 57.4 Å². The fourth-order valence-corrected chi connectivity index (χ4v) is 3.01. The normalized spacial score (nSPS) is 12.4. The maximum atomic E-state index is 5.98. The fourth-order valence-electron chi connectivity index (χ4n) is 2.01. The van der Waals surface area contributed by atoms with Crippen LogP contribution < -0.4 is 10.5 Å². The minimum Gasteiger partial charge on any atom is -0.493 e. The number of ether oxygens (including phenoxy) is 2. The summed E-state index contributed by atoms with van der Waals surface area (Å²) in [6.45, 7) is 5.15. The second kappa shape index (κ2) is 7.54. The molecule has 1 unspecified atom stereocenters. The van der Waals surface area contributed by atoms with Crippen molar-refractivity contribution in [1.29, 1.82) is 0 Å². The Labute approximate surface area is 129 Å². The van der Waals surface area contributed by atoms with Gasteiger partial charge in [-0.25, -0.2) is 4.98 Å². The van der Waals surface area contributed by atoms with E-state index in [1.54, 1.807) is 18.4 Å². The van der Waals surface area contributed by atoms with Gasteiger partial charge in [-0.3, -0.25) is 0 Å². The monoisotopic (exact) mass is 306 g/mol. The summed E-state index contributed by atoms with van der Waals surface area (Å²) in [6.07, 6.45) is 0.780. The van der Waals surface area contributed by atoms with Crippen LogP contribution in [-0.2, 0) is 17.8 Å². The number of hydrogen-bond donors (Lipinski definition) is 1. The molecule has 2 aromatic rings. The second-order valence-corrected chi connectivity index (χ2v) is 6.17. The first-order chi connectivity index (χ1) is 10.1. The summed E-state index contributed by atoms with van der Waals surface area (Å²) in [5.41, 5.74) is 8.15. The molecule has 114 valence electrons. The molecule has 0 amide bonds. The molecule has 4 nitrogen and oxygen atoms in total. The lowest BCUT2D eigenvalue weighted by Gasteiger charge is -2.04. The van der Waals surface area contributed by atoms with E-state index in [1.165, 1.54) is 5.56 Å². The smallest absolute Gasteiger partial charge is 0.119 e. The maximum Gasteiger partial charge on any atom is 0.119 e. The van der Waals surface area contributed by atoms with Gasteiger partial charge in [0, 0.05) is 24.4 Å². The predicted octanol–water partition coefficient (Wildman–Crippen LogP) is 3.24. The molecular weight excluding hydrogens is 284 g/mol. The molecule has 0 aliphatic rings. The van der Waals surface area contributed by atoms with E-state index in [9.17, 15) is 0 Å². The van der Waals surface area contributed by atoms with Crippen LogP contribution in [-0.4, -0.2) is 18.7 Å². The molecule has 0 spiro atoms. The number of methoxy groups -OCH3 is 1. The first-order valence-electron chi connectivity index (χ1n) is 7.02. The number of nitrogens with zero attached hydrogens (tertiary/aromatic N) is 1. The number of hydrogen-bond acceptors (Lipinski definition) is 5. The van der Waals surface area contributed by atoms with E-state index < -0.39 is 0 Å². The summed E-state index contributed by atoms with van der Waals surface area (Å²) in [7, 11) is 1.67. The highest BCUT2D eigenvalue weighted by Crippen LogP contribution is 2.25. The van der Waals surface area contributed by atoms with Crippen molar-refractivity contribution in [3.8, 4) is 5.75 Å². The average molecular weight is 306 g/mol. The molecular formula is C16H22N2O2S. The number of aryl methyl sites for hydroxylation is 1. The zero-order chi connectivity index (χ0) is 15.2. The fraction of sp³-hybridized carbons (Fsp3) is 0.438. The Morgan fingerprint density at radius 2 is 2.00 bits per heavy atom. The molecule has 2 rings (SSSR count). The molecule has 1 heterocycles. The molecule has 0 bridgehead atoms. The highest BCUT2D eigenvalue weighted by atomic mass is 32.1. The minimum atomic E-state index is -0.0144. The predicted molar refractivity (Wildman–Crippen MR) is 85.8 cm³/mol. The van der Waals surface area contributed by atoms with Gasteiger partial charge in [0.05, 0.1) is 23.9 Å². The van der Waals surface area contributed by atoms with Crippen molar-refractivity contribution in [2.45, 2.75) is 32.9 Å². The van der Waals surface area contributed by atoms with Crippen LogP contribution in [0.3, 0.4) is 0 Å². The third kappa shape index (κ3) is 4.52. The van der Waals surface area contributed by atoms with Crippen LogP contribution in [0.4, 0.5) is 0 Å². The van der Waals surface area contributed by atoms with Crippen LogP contribution in [0.25, 0.3) is 0 Å². The SMILES string of the molecule is COCc1nc(CCOc2ccc(C)cc2)sc1C(C)N. The van der Waals surface area contributed by atoms with Crippen molar-refractivity contribution in [3.05, 3.63) is 45.4 Å². The standard InChI is InChI=1S/C16H22N2O2S/c1-11-4-6-13(7-5-11)20-9-8-15-18-14(10-19-3)16(21-15)12(2)17/h4-7,12H,8-10,17H2,1-3H3. The van der Waals surface area contributed by atoms with Gasteiger partial charge in [-0.05, 0) is 26.0 Å². The van der Waals surface area contributed by atoms with Gasteiger partial charge in [-0.2, -0.15) is 0 Å². The van der Waals surface area contributed by atoms with Gasteiger partial charge in [0.25, 0.3) is 0 Å². The van der Waals surface area contributed by atoms with Crippen LogP contribution in [0.1, 0.15) is 34.1 Å². The molecule has 0 aliphatic heterocycles. The Morgan fingerprint density at radius 1 is 1.29 bits per heavy atom. The van der Waals surface area contributed by atoms with Crippen LogP contribution >= 0.6 is 11.3 Å². The minimum absolute atomic E-state index is 0.0144. The third-order valence-electron chi connectivity index (χ3n) is 3.07. The Hall–Kier alpha value is -1.43. The molecule has 5 heteroatoms. The largest absolute Gasteiger partial charge is 0.493 e. The van der Waals surface area contributed by atoms with E-state index in [0.29, 0.717) is 13.2 Å². The molecule has 1 atom stereocenters. The van der Waals surface area contributed by atoms with Gasteiger partial charge in [-0.1, -0.05) is 17.7 Å². The van der Waals surface area contributed by atoms with Gasteiger partial charge < -0.3 is 15.2 Å². The van der Waals surface area contributed by atoms with E-state index in [-0.39, 0.29) is 6.04 Å². The van der Waals surface area contributed by atoms with Gasteiger partial charge in [0.1, 0.15) is 5.75 Å². The van der Waals surface area contributed by atoms with Crippen LogP contribution in [0.15, 0.2) is 24.3 Å². The summed E-state index contributed by atoms with van der Waals surface area (Å²) in [5, 5.41) is 1.04. The van der Waals surface area contributed by atoms with Crippen molar-refractivity contribution in [1.82, 2.24) is 4.98 Å². The lowest BCUT2D eigenvalue weighted by atomic mass is 10.2. The third-order valence-corrected chi connectivity index (χ3v) is 4.43. The number of aromatic nitrogens is 1. The Morgan fingerprint density at radius 3 is 2.62 bits per heavy atom. The van der Waals surface area contributed by atoms with Crippen molar-refractivity contribution in [2.75, 3.05) is 13.7 Å². The molecule has 0 aliphatic carbocycles. The van der Waals surface area contributed by atoms with E-state index >= 15 is 0 Å². The van der Waals surface area contributed by atoms with Gasteiger partial charge in [-0.15, -0.1) is 11.3 Å². The Kier molecular flexibility index (Phi) is 5.73. The summed E-state index contributed by atoms with van der Waals surface area (Å²) < 4.78 is 10.9. The molecule has 1 aromatic carbocycles. The molecule has 0 radical (unpaired) electrons. The first kappa shape index (κ1) is 15.9. The highest BCUT2D eigenvalue weighted by Gasteiger charge is 2.14. The molecule has 2 N–H and O–H groups in total. The molecule has 21 heavy (non-hydrogen) atoms. The van der Waals surface area contributed by atoms with E-state index in [1.807, 2.05) is 31.2 Å². The zero-order valence-corrected chi connectivity index (χ0v) is 13.6. The summed E-state index contributed by atoms with van der Waals surface area (Å²) in [6, 6.07) is 8.05. The van der Waals surface area contributed by atoms with Crippen molar-refractivity contribution < 1.29 is 9.47 Å². The quantitative estimate of drug-likeness (QED) is 0.853. The van der Waals surface area contributed by atoms with E-state index in [2.05, 4.69) is 11.9 Å². The molecule has 0 fully saturated rings. The number of nitrogens with two attached hydrogens (primary N) is 1. The number of benzene rings is 1. The first-order valence-corrected chi connectivity index (χ1v) is 7.84. The maximum absolute atomic E-state index is 5.98. The molecule has 0 saturated carbocycles. The average Bonchev–Trinajstić information content (AvgIpc) is 2.85. The van der Waals surface area contributed by atoms with Crippen LogP contribution in [0.2, 0.25) is 0 Å². The summed E-state index contributed by atoms with van der Waals surface area (Å²) in [4.78, 5) is 5.70. The Balaban J connectivity index is 1.93. The molecule has 1 aromatic heterocycles. The highest BCUT2D eigenvalue weighted by molar-refractivity contribution is 7.11. The second-order valence-electron chi connectivity index (χ2n) is 5.05. The lowest BCUT2D eigenvalue weighted by molar-refractivity contribution is 0.181. The zero-order valence-electron chi connectivity index (χ0n) is 12.8. The molecule has 0 saturated heterocycles. The summed E-state index contributed by atoms with van der Waals surface area (Å²) >= 11 is 1.65. The van der Waals surface area contributed by atoms with Crippen LogP contribution in [0.5, 0.6) is 5.75 Å². The van der Waals surface area contributed by atoms with E-state index in [0.717, 1.165) is 27.7 Å². The summed E-state index contributed by atoms with van der Waals surface area (Å²) in [5.74, 6) is 0.890. The van der Waals surface area contributed by atoms with Crippen molar-refractivity contribution in [2.24, 2.45) is 5.73 Å². The lowest BCUT2D eigenvalue weighted by Crippen LogP contribution is -2.06. The van der Waals surface area contributed by atoms with Crippen LogP contribution in [0, 0.1) is 6.92 Å². The van der Waals surface area contributed by atoms with Crippen molar-refractivity contribution in [3.63, 3.8) is 0 Å². The van der Waals surface area contributed by atoms with E-state index in [4.69, 9.17) is 15.2 Å². The van der Waals surface area contributed by atoms with Crippen molar-refractivity contribution >= 4 is 11.3 Å². The number of rotatable bonds is 7. The van der Waals surface area contributed by atoms with Gasteiger partial charge in [0.15, 0.2) is 0 Å².